The predicted octanol–water partition coefficient (Wildman–Crippen LogP) is 5.05. The van der Waals surface area contributed by atoms with Gasteiger partial charge in [-0.3, -0.25) is 9.59 Å². The van der Waals surface area contributed by atoms with E-state index in [0.717, 1.165) is 36.4 Å². The maximum absolute atomic E-state index is 13.4. The fourth-order valence-electron chi connectivity index (χ4n) is 3.10. The van der Waals surface area contributed by atoms with Crippen molar-refractivity contribution in [1.82, 2.24) is 4.57 Å². The molecule has 0 aliphatic rings. The topological polar surface area (TPSA) is 76.4 Å². The largest absolute Gasteiger partial charge is 0.478 e. The number of aliphatic carboxylic acids is 1. The average molecular weight is 462 g/mol. The molecule has 1 aromatic heterocycles. The number of hydrogen-bond donors (Lipinski definition) is 1. The number of alkyl halides is 3. The highest BCUT2D eigenvalue weighted by Crippen LogP contribution is 2.36. The number of carboxylic acid groups (broad SMARTS) is 1. The van der Waals surface area contributed by atoms with Crippen LogP contribution >= 0.6 is 11.6 Å². The first-order valence-corrected chi connectivity index (χ1v) is 9.49. The molecule has 32 heavy (non-hydrogen) atoms. The van der Waals surface area contributed by atoms with E-state index in [4.69, 9.17) is 16.7 Å². The SMILES string of the molecule is Cn1cc(-c2ccc(C(F)(F)F)cc2C(=O)c2ccccc2Cl)c(C=CC(=O)O)cc1=O. The zero-order chi connectivity index (χ0) is 23.6. The summed E-state index contributed by atoms with van der Waals surface area (Å²) < 4.78 is 41.4. The highest BCUT2D eigenvalue weighted by molar-refractivity contribution is 6.35. The third-order valence-corrected chi connectivity index (χ3v) is 5.00. The Labute approximate surface area is 185 Å². The molecule has 0 spiro atoms. The normalized spacial score (nSPS) is 11.7. The van der Waals surface area contributed by atoms with E-state index in [1.54, 1.807) is 6.07 Å². The molecule has 164 valence electrons. The number of carbonyl (C=O) groups is 2. The zero-order valence-electron chi connectivity index (χ0n) is 16.5. The van der Waals surface area contributed by atoms with E-state index in [1.807, 2.05) is 0 Å². The first-order chi connectivity index (χ1) is 15.0. The molecule has 0 fully saturated rings. The van der Waals surface area contributed by atoms with Gasteiger partial charge >= 0.3 is 12.1 Å². The van der Waals surface area contributed by atoms with Crippen LogP contribution in [0.15, 0.2) is 65.6 Å². The second-order valence-corrected chi connectivity index (χ2v) is 7.24. The van der Waals surface area contributed by atoms with Crippen molar-refractivity contribution >= 4 is 29.4 Å². The van der Waals surface area contributed by atoms with Gasteiger partial charge in [-0.15, -0.1) is 0 Å². The van der Waals surface area contributed by atoms with E-state index in [2.05, 4.69) is 0 Å². The lowest BCUT2D eigenvalue weighted by atomic mass is 9.90. The van der Waals surface area contributed by atoms with Gasteiger partial charge in [-0.1, -0.05) is 29.8 Å². The fraction of sp³-hybridized carbons (Fsp3) is 0.0870. The van der Waals surface area contributed by atoms with Gasteiger partial charge in [0.15, 0.2) is 5.78 Å². The van der Waals surface area contributed by atoms with Crippen molar-refractivity contribution in [2.24, 2.45) is 7.05 Å². The number of rotatable bonds is 5. The first-order valence-electron chi connectivity index (χ1n) is 9.11. The summed E-state index contributed by atoms with van der Waals surface area (Å²) in [6, 6.07) is 9.72. The zero-order valence-corrected chi connectivity index (χ0v) is 17.2. The molecule has 0 saturated carbocycles. The minimum absolute atomic E-state index is 0.00203. The molecule has 1 N–H and O–H groups in total. The van der Waals surface area contributed by atoms with Crippen LogP contribution in [0.2, 0.25) is 5.02 Å². The molecule has 0 saturated heterocycles. The van der Waals surface area contributed by atoms with E-state index < -0.39 is 29.1 Å². The molecule has 0 unspecified atom stereocenters. The summed E-state index contributed by atoms with van der Waals surface area (Å²) in [5.41, 5.74) is -1.38. The maximum Gasteiger partial charge on any atom is 0.416 e. The molecular weight excluding hydrogens is 447 g/mol. The maximum atomic E-state index is 13.4. The van der Waals surface area contributed by atoms with Crippen LogP contribution in [0, 0.1) is 0 Å². The van der Waals surface area contributed by atoms with Crippen LogP contribution in [-0.2, 0) is 18.0 Å². The molecule has 0 radical (unpaired) electrons. The average Bonchev–Trinajstić information content (AvgIpc) is 2.73. The third kappa shape index (κ3) is 4.81. The van der Waals surface area contributed by atoms with Gasteiger partial charge in [0, 0.05) is 42.1 Å². The number of ketones is 1. The Morgan fingerprint density at radius 2 is 1.72 bits per heavy atom. The van der Waals surface area contributed by atoms with Crippen molar-refractivity contribution in [3.63, 3.8) is 0 Å². The highest BCUT2D eigenvalue weighted by atomic mass is 35.5. The fourth-order valence-corrected chi connectivity index (χ4v) is 3.32. The third-order valence-electron chi connectivity index (χ3n) is 4.67. The van der Waals surface area contributed by atoms with Gasteiger partial charge in [0.1, 0.15) is 0 Å². The molecule has 9 heteroatoms. The number of halogens is 4. The second-order valence-electron chi connectivity index (χ2n) is 6.83. The Bertz CT molecular complexity index is 1310. The van der Waals surface area contributed by atoms with Crippen LogP contribution in [0.3, 0.4) is 0 Å². The molecule has 0 aliphatic carbocycles. The van der Waals surface area contributed by atoms with Crippen molar-refractivity contribution in [2.45, 2.75) is 6.18 Å². The monoisotopic (exact) mass is 461 g/mol. The van der Waals surface area contributed by atoms with Gasteiger partial charge in [0.05, 0.1) is 10.6 Å². The summed E-state index contributed by atoms with van der Waals surface area (Å²) >= 11 is 6.09. The van der Waals surface area contributed by atoms with Crippen LogP contribution in [0.1, 0.15) is 27.0 Å². The Hall–Kier alpha value is -3.65. The van der Waals surface area contributed by atoms with Gasteiger partial charge in [-0.25, -0.2) is 4.79 Å². The number of carbonyl (C=O) groups excluding carboxylic acids is 1. The number of pyridine rings is 1. The highest BCUT2D eigenvalue weighted by Gasteiger charge is 2.32. The summed E-state index contributed by atoms with van der Waals surface area (Å²) in [5.74, 6) is -2.03. The smallest absolute Gasteiger partial charge is 0.416 e. The summed E-state index contributed by atoms with van der Waals surface area (Å²) in [4.78, 5) is 36.3. The molecule has 2 aromatic carbocycles. The lowest BCUT2D eigenvalue weighted by Crippen LogP contribution is -2.17. The number of benzene rings is 2. The summed E-state index contributed by atoms with van der Waals surface area (Å²) in [5, 5.41) is 9.01. The number of aromatic nitrogens is 1. The Balaban J connectivity index is 2.34. The lowest BCUT2D eigenvalue weighted by Gasteiger charge is -2.16. The minimum Gasteiger partial charge on any atom is -0.478 e. The number of carboxylic acids is 1. The van der Waals surface area contributed by atoms with Gasteiger partial charge in [0.25, 0.3) is 5.56 Å². The van der Waals surface area contributed by atoms with Crippen molar-refractivity contribution in [3.8, 4) is 11.1 Å². The first kappa shape index (κ1) is 23.0. The van der Waals surface area contributed by atoms with Crippen molar-refractivity contribution in [3.05, 3.63) is 98.4 Å². The molecule has 0 bridgehead atoms. The van der Waals surface area contributed by atoms with E-state index in [0.29, 0.717) is 0 Å². The van der Waals surface area contributed by atoms with Crippen LogP contribution in [0.4, 0.5) is 13.2 Å². The molecule has 0 aliphatic heterocycles. The van der Waals surface area contributed by atoms with Gasteiger partial charge < -0.3 is 9.67 Å². The molecule has 5 nitrogen and oxygen atoms in total. The van der Waals surface area contributed by atoms with E-state index in [9.17, 15) is 27.6 Å². The Morgan fingerprint density at radius 1 is 1.03 bits per heavy atom. The molecule has 0 atom stereocenters. The summed E-state index contributed by atoms with van der Waals surface area (Å²) in [7, 11) is 1.43. The standard InChI is InChI=1S/C23H15ClF3NO4/c1-28-12-18(13(10-20(28)29)6-9-21(30)31)15-8-7-14(23(25,26)27)11-17(15)22(32)16-4-2-3-5-19(16)24/h2-12H,1H3,(H,30,31). The minimum atomic E-state index is -4.70. The van der Waals surface area contributed by atoms with E-state index in [1.165, 1.54) is 36.0 Å². The lowest BCUT2D eigenvalue weighted by molar-refractivity contribution is -0.137. The predicted molar refractivity (Wildman–Crippen MR) is 114 cm³/mol. The molecular formula is C23H15ClF3NO4. The summed E-state index contributed by atoms with van der Waals surface area (Å²) in [6.45, 7) is 0. The van der Waals surface area contributed by atoms with Crippen molar-refractivity contribution in [1.29, 1.82) is 0 Å². The van der Waals surface area contributed by atoms with Crippen LogP contribution in [0.5, 0.6) is 0 Å². The Kier molecular flexibility index (Phi) is 6.36. The number of hydrogen-bond acceptors (Lipinski definition) is 3. The Morgan fingerprint density at radius 3 is 2.34 bits per heavy atom. The van der Waals surface area contributed by atoms with E-state index >= 15 is 0 Å². The van der Waals surface area contributed by atoms with Crippen molar-refractivity contribution in [2.75, 3.05) is 0 Å². The molecule has 3 rings (SSSR count). The number of aryl methyl sites for hydroxylation is 1. The quantitative estimate of drug-likeness (QED) is 0.426. The van der Waals surface area contributed by atoms with Crippen LogP contribution in [-0.4, -0.2) is 21.4 Å². The van der Waals surface area contributed by atoms with Crippen LogP contribution < -0.4 is 5.56 Å². The van der Waals surface area contributed by atoms with Gasteiger partial charge in [0.2, 0.25) is 0 Å². The molecule has 3 aromatic rings. The van der Waals surface area contributed by atoms with Gasteiger partial charge in [-0.05, 0) is 41.5 Å². The number of nitrogens with zero attached hydrogens (tertiary/aromatic N) is 1. The molecule has 1 heterocycles. The molecule has 0 amide bonds. The van der Waals surface area contributed by atoms with E-state index in [-0.39, 0.29) is 32.8 Å². The van der Waals surface area contributed by atoms with Gasteiger partial charge in [-0.2, -0.15) is 13.2 Å². The van der Waals surface area contributed by atoms with Crippen molar-refractivity contribution < 1.29 is 27.9 Å². The van der Waals surface area contributed by atoms with Crippen LogP contribution in [0.25, 0.3) is 17.2 Å². The summed E-state index contributed by atoms with van der Waals surface area (Å²) in [6.07, 6.45) is -1.45. The second kappa shape index (κ2) is 8.84.